The molecular formula is C14H16FNO4. The van der Waals surface area contributed by atoms with Crippen LogP contribution >= 0.6 is 0 Å². The zero-order valence-electron chi connectivity index (χ0n) is 11.1. The third-order valence-corrected chi connectivity index (χ3v) is 3.37. The van der Waals surface area contributed by atoms with Crippen LogP contribution in [0, 0.1) is 5.82 Å². The first-order valence-corrected chi connectivity index (χ1v) is 6.37. The number of aliphatic carboxylic acids is 1. The highest BCUT2D eigenvalue weighted by atomic mass is 19.1. The van der Waals surface area contributed by atoms with Gasteiger partial charge in [0.25, 0.3) is 0 Å². The molecule has 1 aromatic rings. The minimum Gasteiger partial charge on any atom is -0.479 e. The van der Waals surface area contributed by atoms with Gasteiger partial charge in [-0.1, -0.05) is 12.1 Å². The van der Waals surface area contributed by atoms with Gasteiger partial charge in [0.05, 0.1) is 19.1 Å². The molecule has 0 aliphatic carbocycles. The lowest BCUT2D eigenvalue weighted by Crippen LogP contribution is -2.49. The van der Waals surface area contributed by atoms with Gasteiger partial charge in [-0.3, -0.25) is 4.79 Å². The number of morpholine rings is 1. The minimum absolute atomic E-state index is 0.0216. The fraction of sp³-hybridized carbons (Fsp3) is 0.429. The van der Waals surface area contributed by atoms with Gasteiger partial charge in [0.1, 0.15) is 5.82 Å². The molecule has 108 valence electrons. The number of benzene rings is 1. The highest BCUT2D eigenvalue weighted by Crippen LogP contribution is 2.20. The van der Waals surface area contributed by atoms with E-state index in [1.165, 1.54) is 17.0 Å². The number of hydrogen-bond acceptors (Lipinski definition) is 3. The molecule has 1 aliphatic heterocycles. The molecule has 1 amide bonds. The maximum absolute atomic E-state index is 13.2. The third kappa shape index (κ3) is 3.14. The average Bonchev–Trinajstić information content (AvgIpc) is 2.45. The number of amides is 1. The monoisotopic (exact) mass is 281 g/mol. The lowest BCUT2D eigenvalue weighted by molar-refractivity contribution is -0.159. The average molecular weight is 281 g/mol. The molecule has 2 rings (SSSR count). The van der Waals surface area contributed by atoms with Crippen molar-refractivity contribution < 1.29 is 23.8 Å². The van der Waals surface area contributed by atoms with E-state index in [0.29, 0.717) is 12.1 Å². The standard InChI is InChI=1S/C14H16FNO4/c1-9(10-3-2-4-11(15)7-10)13(17)16-5-6-20-12(8-16)14(18)19/h2-4,7,9,12H,5-6,8H2,1H3,(H,18,19)/t9-,12-/m0/s1. The quantitative estimate of drug-likeness (QED) is 0.905. The summed E-state index contributed by atoms with van der Waals surface area (Å²) < 4.78 is 18.2. The Morgan fingerprint density at radius 2 is 2.25 bits per heavy atom. The zero-order valence-corrected chi connectivity index (χ0v) is 11.1. The SMILES string of the molecule is C[C@H](C(=O)N1CCO[C@H](C(=O)O)C1)c1cccc(F)c1. The summed E-state index contributed by atoms with van der Waals surface area (Å²) in [5.74, 6) is -2.21. The number of carbonyl (C=O) groups is 2. The summed E-state index contributed by atoms with van der Waals surface area (Å²) in [5.41, 5.74) is 0.577. The Labute approximate surface area is 116 Å². The molecule has 5 nitrogen and oxygen atoms in total. The molecule has 2 atom stereocenters. The second kappa shape index (κ2) is 6.00. The van der Waals surface area contributed by atoms with Gasteiger partial charge in [0, 0.05) is 6.54 Å². The van der Waals surface area contributed by atoms with Gasteiger partial charge in [-0.2, -0.15) is 0 Å². The first kappa shape index (κ1) is 14.5. The van der Waals surface area contributed by atoms with Gasteiger partial charge >= 0.3 is 5.97 Å². The third-order valence-electron chi connectivity index (χ3n) is 3.37. The Morgan fingerprint density at radius 3 is 2.90 bits per heavy atom. The minimum atomic E-state index is -1.08. The Morgan fingerprint density at radius 1 is 1.50 bits per heavy atom. The predicted molar refractivity (Wildman–Crippen MR) is 68.8 cm³/mol. The normalized spacial score (nSPS) is 20.5. The van der Waals surface area contributed by atoms with E-state index in [4.69, 9.17) is 9.84 Å². The van der Waals surface area contributed by atoms with Crippen LogP contribution in [0.15, 0.2) is 24.3 Å². The van der Waals surface area contributed by atoms with E-state index in [0.717, 1.165) is 0 Å². The van der Waals surface area contributed by atoms with Crippen LogP contribution in [0.4, 0.5) is 4.39 Å². The molecular weight excluding hydrogens is 265 g/mol. The van der Waals surface area contributed by atoms with Gasteiger partial charge in [0.2, 0.25) is 5.91 Å². The van der Waals surface area contributed by atoms with E-state index in [-0.39, 0.29) is 19.1 Å². The second-order valence-corrected chi connectivity index (χ2v) is 4.76. The lowest BCUT2D eigenvalue weighted by Gasteiger charge is -2.32. The Balaban J connectivity index is 2.08. The number of halogens is 1. The first-order chi connectivity index (χ1) is 9.49. The Bertz CT molecular complexity index is 520. The fourth-order valence-corrected chi connectivity index (χ4v) is 2.19. The summed E-state index contributed by atoms with van der Waals surface area (Å²) in [6.07, 6.45) is -0.993. The molecule has 20 heavy (non-hydrogen) atoms. The molecule has 0 radical (unpaired) electrons. The van der Waals surface area contributed by atoms with Crippen molar-refractivity contribution >= 4 is 11.9 Å². The van der Waals surface area contributed by atoms with Gasteiger partial charge in [-0.15, -0.1) is 0 Å². The van der Waals surface area contributed by atoms with E-state index in [9.17, 15) is 14.0 Å². The summed E-state index contributed by atoms with van der Waals surface area (Å²) in [7, 11) is 0. The van der Waals surface area contributed by atoms with Gasteiger partial charge < -0.3 is 14.7 Å². The van der Waals surface area contributed by atoms with Gasteiger partial charge in [0.15, 0.2) is 6.10 Å². The van der Waals surface area contributed by atoms with Crippen LogP contribution < -0.4 is 0 Å². The van der Waals surface area contributed by atoms with Crippen molar-refractivity contribution in [2.75, 3.05) is 19.7 Å². The maximum atomic E-state index is 13.2. The molecule has 0 spiro atoms. The van der Waals surface area contributed by atoms with Crippen LogP contribution in [0.2, 0.25) is 0 Å². The summed E-state index contributed by atoms with van der Waals surface area (Å²) >= 11 is 0. The number of carboxylic acids is 1. The van der Waals surface area contributed by atoms with E-state index >= 15 is 0 Å². The molecule has 1 fully saturated rings. The number of carbonyl (C=O) groups excluding carboxylic acids is 1. The second-order valence-electron chi connectivity index (χ2n) is 4.76. The highest BCUT2D eigenvalue weighted by molar-refractivity contribution is 5.84. The molecule has 1 heterocycles. The fourth-order valence-electron chi connectivity index (χ4n) is 2.19. The molecule has 1 aliphatic rings. The molecule has 1 saturated heterocycles. The van der Waals surface area contributed by atoms with Crippen LogP contribution in [0.1, 0.15) is 18.4 Å². The van der Waals surface area contributed by atoms with Crippen LogP contribution in [-0.2, 0) is 14.3 Å². The maximum Gasteiger partial charge on any atom is 0.334 e. The van der Waals surface area contributed by atoms with Gasteiger partial charge in [-0.05, 0) is 24.6 Å². The van der Waals surface area contributed by atoms with Crippen molar-refractivity contribution in [3.8, 4) is 0 Å². The summed E-state index contributed by atoms with van der Waals surface area (Å²) in [5, 5.41) is 8.92. The number of hydrogen-bond donors (Lipinski definition) is 1. The van der Waals surface area contributed by atoms with Crippen LogP contribution in [-0.4, -0.2) is 47.7 Å². The van der Waals surface area contributed by atoms with Crippen molar-refractivity contribution in [1.82, 2.24) is 4.90 Å². The Hall–Kier alpha value is -1.95. The topological polar surface area (TPSA) is 66.8 Å². The molecule has 0 unspecified atom stereocenters. The van der Waals surface area contributed by atoms with Crippen molar-refractivity contribution in [1.29, 1.82) is 0 Å². The molecule has 1 aromatic carbocycles. The molecule has 0 saturated carbocycles. The van der Waals surface area contributed by atoms with Crippen molar-refractivity contribution in [3.05, 3.63) is 35.6 Å². The van der Waals surface area contributed by atoms with E-state index < -0.39 is 23.8 Å². The molecule has 1 N–H and O–H groups in total. The van der Waals surface area contributed by atoms with Crippen molar-refractivity contribution in [2.24, 2.45) is 0 Å². The smallest absolute Gasteiger partial charge is 0.334 e. The predicted octanol–water partition coefficient (Wildman–Crippen LogP) is 1.24. The van der Waals surface area contributed by atoms with Gasteiger partial charge in [-0.25, -0.2) is 9.18 Å². The van der Waals surface area contributed by atoms with Crippen LogP contribution in [0.5, 0.6) is 0 Å². The van der Waals surface area contributed by atoms with Crippen molar-refractivity contribution in [2.45, 2.75) is 18.9 Å². The van der Waals surface area contributed by atoms with E-state index in [1.54, 1.807) is 19.1 Å². The molecule has 0 aromatic heterocycles. The number of nitrogens with zero attached hydrogens (tertiary/aromatic N) is 1. The number of carboxylic acid groups (broad SMARTS) is 1. The summed E-state index contributed by atoms with van der Waals surface area (Å²) in [4.78, 5) is 24.7. The van der Waals surface area contributed by atoms with Crippen LogP contribution in [0.3, 0.4) is 0 Å². The largest absolute Gasteiger partial charge is 0.479 e. The summed E-state index contributed by atoms with van der Waals surface area (Å²) in [6, 6.07) is 5.86. The van der Waals surface area contributed by atoms with Crippen LogP contribution in [0.25, 0.3) is 0 Å². The van der Waals surface area contributed by atoms with Crippen molar-refractivity contribution in [3.63, 3.8) is 0 Å². The molecule has 6 heteroatoms. The Kier molecular flexibility index (Phi) is 4.34. The summed E-state index contributed by atoms with van der Waals surface area (Å²) in [6.45, 7) is 2.25. The number of rotatable bonds is 3. The molecule has 0 bridgehead atoms. The highest BCUT2D eigenvalue weighted by Gasteiger charge is 2.31. The van der Waals surface area contributed by atoms with E-state index in [1.807, 2.05) is 0 Å². The van der Waals surface area contributed by atoms with E-state index in [2.05, 4.69) is 0 Å². The zero-order chi connectivity index (χ0) is 14.7. The number of ether oxygens (including phenoxy) is 1. The lowest BCUT2D eigenvalue weighted by atomic mass is 9.99. The first-order valence-electron chi connectivity index (χ1n) is 6.37.